The van der Waals surface area contributed by atoms with E-state index in [1.165, 1.54) is 0 Å². The second-order valence-electron chi connectivity index (χ2n) is 8.47. The maximum absolute atomic E-state index is 11.2. The van der Waals surface area contributed by atoms with E-state index < -0.39 is 0 Å². The molecule has 0 bridgehead atoms. The Morgan fingerprint density at radius 3 is 1.85 bits per heavy atom. The van der Waals surface area contributed by atoms with E-state index in [1.54, 1.807) is 6.07 Å². The standard InChI is InChI=1S/C13H12ClNO2.C13H10ClNO2/c2*14-11-4-2-1-3-9(11)12-10(7-16)13(17-15-12)8-5-6-8/h1-4,8,16H,5-7H2;1-4,7-8H,5-6H2. The van der Waals surface area contributed by atoms with Crippen LogP contribution in [0.25, 0.3) is 22.5 Å². The average molecular weight is 497 g/mol. The van der Waals surface area contributed by atoms with Crippen molar-refractivity contribution in [1.82, 2.24) is 10.3 Å². The first-order valence-corrected chi connectivity index (χ1v) is 11.9. The van der Waals surface area contributed by atoms with Crippen molar-refractivity contribution in [3.05, 3.63) is 81.2 Å². The van der Waals surface area contributed by atoms with E-state index in [-0.39, 0.29) is 6.61 Å². The fraction of sp³-hybridized carbons (Fsp3) is 0.269. The highest BCUT2D eigenvalue weighted by Crippen LogP contribution is 2.45. The molecule has 0 spiro atoms. The van der Waals surface area contributed by atoms with Gasteiger partial charge in [-0.05, 0) is 37.8 Å². The second-order valence-corrected chi connectivity index (χ2v) is 9.28. The van der Waals surface area contributed by atoms with Crippen molar-refractivity contribution >= 4 is 29.5 Å². The van der Waals surface area contributed by atoms with Crippen LogP contribution in [0.3, 0.4) is 0 Å². The second kappa shape index (κ2) is 9.74. The Balaban J connectivity index is 0.000000142. The molecule has 34 heavy (non-hydrogen) atoms. The van der Waals surface area contributed by atoms with Crippen LogP contribution in [0.15, 0.2) is 57.6 Å². The molecule has 0 atom stereocenters. The van der Waals surface area contributed by atoms with Gasteiger partial charge in [0.2, 0.25) is 0 Å². The van der Waals surface area contributed by atoms with Gasteiger partial charge in [-0.3, -0.25) is 4.79 Å². The lowest BCUT2D eigenvalue weighted by molar-refractivity contribution is 0.112. The maximum atomic E-state index is 11.2. The number of halogens is 2. The monoisotopic (exact) mass is 496 g/mol. The van der Waals surface area contributed by atoms with Crippen LogP contribution < -0.4 is 0 Å². The highest BCUT2D eigenvalue weighted by molar-refractivity contribution is 6.33. The van der Waals surface area contributed by atoms with E-state index in [4.69, 9.17) is 32.2 Å². The van der Waals surface area contributed by atoms with E-state index >= 15 is 0 Å². The third-order valence-corrected chi connectivity index (χ3v) is 6.66. The van der Waals surface area contributed by atoms with Gasteiger partial charge >= 0.3 is 0 Å². The molecule has 2 heterocycles. The smallest absolute Gasteiger partial charge is 0.155 e. The number of aromatic nitrogens is 2. The summed E-state index contributed by atoms with van der Waals surface area (Å²) in [6, 6.07) is 14.8. The molecule has 0 unspecified atom stereocenters. The summed E-state index contributed by atoms with van der Waals surface area (Å²) in [4.78, 5) is 11.2. The predicted octanol–water partition coefficient (Wildman–Crippen LogP) is 7.05. The third-order valence-electron chi connectivity index (χ3n) is 6.00. The molecule has 0 aliphatic heterocycles. The van der Waals surface area contributed by atoms with E-state index in [2.05, 4.69) is 10.3 Å². The van der Waals surface area contributed by atoms with Crippen LogP contribution in [-0.2, 0) is 6.61 Å². The number of carbonyl (C=O) groups is 1. The number of aldehydes is 1. The number of nitrogens with zero attached hydrogens (tertiary/aromatic N) is 2. The SMILES string of the molecule is O=Cc1c(-c2ccccc2Cl)noc1C1CC1.OCc1c(-c2ccccc2Cl)noc1C1CC1. The summed E-state index contributed by atoms with van der Waals surface area (Å²) in [5.74, 6) is 2.32. The molecule has 2 aromatic heterocycles. The molecule has 0 amide bonds. The average Bonchev–Trinajstić information content (AvgIpc) is 3.80. The fourth-order valence-corrected chi connectivity index (χ4v) is 4.37. The summed E-state index contributed by atoms with van der Waals surface area (Å²) in [5.41, 5.74) is 4.09. The van der Waals surface area contributed by atoms with Gasteiger partial charge in [0.15, 0.2) is 12.0 Å². The molecule has 1 N–H and O–H groups in total. The molecule has 8 heteroatoms. The minimum absolute atomic E-state index is 0.0596. The molecule has 174 valence electrons. The zero-order chi connectivity index (χ0) is 23.7. The number of carbonyl (C=O) groups excluding carboxylic acids is 1. The van der Waals surface area contributed by atoms with E-state index in [1.807, 2.05) is 42.5 Å². The van der Waals surface area contributed by atoms with Crippen LogP contribution >= 0.6 is 23.2 Å². The first kappa shape index (κ1) is 22.8. The summed E-state index contributed by atoms with van der Waals surface area (Å²) in [6.45, 7) is -0.0596. The van der Waals surface area contributed by atoms with Crippen molar-refractivity contribution in [3.8, 4) is 22.5 Å². The van der Waals surface area contributed by atoms with Crippen LogP contribution in [0.5, 0.6) is 0 Å². The van der Waals surface area contributed by atoms with Crippen LogP contribution in [0.2, 0.25) is 10.0 Å². The Kier molecular flexibility index (Phi) is 6.55. The van der Waals surface area contributed by atoms with E-state index in [9.17, 15) is 9.90 Å². The fourth-order valence-electron chi connectivity index (χ4n) is 3.92. The largest absolute Gasteiger partial charge is 0.391 e. The molecular weight excluding hydrogens is 475 g/mol. The summed E-state index contributed by atoms with van der Waals surface area (Å²) in [5, 5.41) is 18.7. The number of aliphatic hydroxyl groups excluding tert-OH is 1. The maximum Gasteiger partial charge on any atom is 0.155 e. The van der Waals surface area contributed by atoms with Gasteiger partial charge in [0.1, 0.15) is 17.1 Å². The molecule has 2 saturated carbocycles. The molecule has 2 fully saturated rings. The predicted molar refractivity (Wildman–Crippen MR) is 129 cm³/mol. The van der Waals surface area contributed by atoms with Crippen LogP contribution in [0.4, 0.5) is 0 Å². The minimum atomic E-state index is -0.0596. The van der Waals surface area contributed by atoms with Crippen molar-refractivity contribution in [3.63, 3.8) is 0 Å². The summed E-state index contributed by atoms with van der Waals surface area (Å²) < 4.78 is 10.6. The van der Waals surface area contributed by atoms with Crippen molar-refractivity contribution in [2.45, 2.75) is 44.1 Å². The zero-order valence-electron chi connectivity index (χ0n) is 18.2. The molecule has 4 aromatic rings. The van der Waals surface area contributed by atoms with Crippen LogP contribution in [0.1, 0.15) is 65.0 Å². The van der Waals surface area contributed by atoms with Gasteiger partial charge in [-0.2, -0.15) is 0 Å². The lowest BCUT2D eigenvalue weighted by atomic mass is 10.0. The Bertz CT molecular complexity index is 1320. The van der Waals surface area contributed by atoms with Crippen molar-refractivity contribution in [1.29, 1.82) is 0 Å². The van der Waals surface area contributed by atoms with Crippen molar-refractivity contribution in [2.24, 2.45) is 0 Å². The molecule has 2 aromatic carbocycles. The molecule has 2 aliphatic rings. The molecule has 0 saturated heterocycles. The summed E-state index contributed by atoms with van der Waals surface area (Å²) in [7, 11) is 0. The van der Waals surface area contributed by atoms with Gasteiger partial charge in [-0.25, -0.2) is 0 Å². The van der Waals surface area contributed by atoms with Gasteiger partial charge in [-0.15, -0.1) is 0 Å². The number of aliphatic hydroxyl groups is 1. The molecule has 0 radical (unpaired) electrons. The first-order chi connectivity index (χ1) is 16.6. The Morgan fingerprint density at radius 1 is 0.824 bits per heavy atom. The zero-order valence-corrected chi connectivity index (χ0v) is 19.7. The Morgan fingerprint density at radius 2 is 1.32 bits per heavy atom. The molecule has 2 aliphatic carbocycles. The molecular formula is C26H22Cl2N2O4. The highest BCUT2D eigenvalue weighted by Gasteiger charge is 2.33. The van der Waals surface area contributed by atoms with Gasteiger partial charge in [0.05, 0.1) is 22.2 Å². The van der Waals surface area contributed by atoms with Gasteiger partial charge in [-0.1, -0.05) is 69.9 Å². The van der Waals surface area contributed by atoms with E-state index in [0.717, 1.165) is 54.4 Å². The summed E-state index contributed by atoms with van der Waals surface area (Å²) >= 11 is 12.2. The Hall–Kier alpha value is -2.93. The number of benzene rings is 2. The molecule has 6 nitrogen and oxygen atoms in total. The van der Waals surface area contributed by atoms with Crippen LogP contribution in [0, 0.1) is 0 Å². The van der Waals surface area contributed by atoms with Crippen LogP contribution in [-0.4, -0.2) is 21.7 Å². The topological polar surface area (TPSA) is 89.4 Å². The highest BCUT2D eigenvalue weighted by atomic mass is 35.5. The van der Waals surface area contributed by atoms with Crippen molar-refractivity contribution in [2.75, 3.05) is 0 Å². The third kappa shape index (κ3) is 4.53. The van der Waals surface area contributed by atoms with E-state index in [0.29, 0.717) is 44.6 Å². The number of rotatable bonds is 6. The lowest BCUT2D eigenvalue weighted by Gasteiger charge is -2.02. The number of hydrogen-bond acceptors (Lipinski definition) is 6. The summed E-state index contributed by atoms with van der Waals surface area (Å²) in [6.07, 6.45) is 5.17. The number of hydrogen-bond donors (Lipinski definition) is 1. The molecule has 6 rings (SSSR count). The Labute approximate surface area is 206 Å². The normalized spacial score (nSPS) is 15.0. The van der Waals surface area contributed by atoms with Gasteiger partial charge in [0.25, 0.3) is 0 Å². The lowest BCUT2D eigenvalue weighted by Crippen LogP contribution is -1.90. The first-order valence-electron chi connectivity index (χ1n) is 11.2. The minimum Gasteiger partial charge on any atom is -0.391 e. The van der Waals surface area contributed by atoms with Crippen molar-refractivity contribution < 1.29 is 18.9 Å². The van der Waals surface area contributed by atoms with Gasteiger partial charge < -0.3 is 14.2 Å². The van der Waals surface area contributed by atoms with Gasteiger partial charge in [0, 0.05) is 28.5 Å². The quantitative estimate of drug-likeness (QED) is 0.287.